The normalized spacial score (nSPS) is 20.1. The van der Waals surface area contributed by atoms with Crippen LogP contribution >= 0.6 is 15.9 Å². The van der Waals surface area contributed by atoms with E-state index in [0.29, 0.717) is 0 Å². The number of benzene rings is 1. The van der Waals surface area contributed by atoms with E-state index in [1.54, 1.807) is 12.2 Å². The standard InChI is InChI=1S/C12H9BrO/c13-10-7-5-9(6-8-10)11-3-1-2-4-12(11)14/h1-8,11H. The van der Waals surface area contributed by atoms with Crippen LogP contribution in [0.2, 0.25) is 0 Å². The number of allylic oxidation sites excluding steroid dienone is 4. The van der Waals surface area contributed by atoms with Crippen LogP contribution in [0.25, 0.3) is 0 Å². The SMILES string of the molecule is O=C1C=CC=CC1c1ccc(Br)cc1. The molecule has 0 aliphatic heterocycles. The summed E-state index contributed by atoms with van der Waals surface area (Å²) in [6, 6.07) is 7.84. The van der Waals surface area contributed by atoms with Gasteiger partial charge in [0.1, 0.15) is 0 Å². The Morgan fingerprint density at radius 1 is 1.07 bits per heavy atom. The van der Waals surface area contributed by atoms with Crippen LogP contribution in [0.15, 0.2) is 53.0 Å². The molecule has 1 nitrogen and oxygen atoms in total. The van der Waals surface area contributed by atoms with Crippen molar-refractivity contribution in [1.29, 1.82) is 0 Å². The first-order valence-electron chi connectivity index (χ1n) is 4.41. The minimum atomic E-state index is -0.104. The molecule has 1 atom stereocenters. The van der Waals surface area contributed by atoms with Gasteiger partial charge in [0.25, 0.3) is 0 Å². The van der Waals surface area contributed by atoms with Gasteiger partial charge in [-0.15, -0.1) is 0 Å². The smallest absolute Gasteiger partial charge is 0.166 e. The van der Waals surface area contributed by atoms with Crippen molar-refractivity contribution >= 4 is 21.7 Å². The molecule has 1 aliphatic rings. The van der Waals surface area contributed by atoms with Crippen molar-refractivity contribution in [2.24, 2.45) is 0 Å². The van der Waals surface area contributed by atoms with E-state index in [1.807, 2.05) is 36.4 Å². The third-order valence-electron chi connectivity index (χ3n) is 2.21. The predicted molar refractivity (Wildman–Crippen MR) is 60.2 cm³/mol. The molecule has 0 saturated carbocycles. The zero-order valence-corrected chi connectivity index (χ0v) is 9.07. The summed E-state index contributed by atoms with van der Waals surface area (Å²) < 4.78 is 1.03. The second-order valence-corrected chi connectivity index (χ2v) is 4.09. The van der Waals surface area contributed by atoms with Crippen molar-refractivity contribution in [1.82, 2.24) is 0 Å². The molecule has 2 rings (SSSR count). The quantitative estimate of drug-likeness (QED) is 0.746. The molecule has 1 aliphatic carbocycles. The summed E-state index contributed by atoms with van der Waals surface area (Å²) in [7, 11) is 0. The van der Waals surface area contributed by atoms with Crippen molar-refractivity contribution in [3.63, 3.8) is 0 Å². The predicted octanol–water partition coefficient (Wildman–Crippen LogP) is 3.23. The molecule has 14 heavy (non-hydrogen) atoms. The maximum Gasteiger partial charge on any atom is 0.166 e. The van der Waals surface area contributed by atoms with Gasteiger partial charge in [0.15, 0.2) is 5.78 Å². The Bertz CT molecular complexity index is 401. The van der Waals surface area contributed by atoms with Gasteiger partial charge in [-0.2, -0.15) is 0 Å². The van der Waals surface area contributed by atoms with E-state index in [4.69, 9.17) is 0 Å². The van der Waals surface area contributed by atoms with Crippen LogP contribution in [0, 0.1) is 0 Å². The Labute approximate surface area is 91.3 Å². The molecule has 0 spiro atoms. The minimum Gasteiger partial charge on any atom is -0.294 e. The van der Waals surface area contributed by atoms with Gasteiger partial charge in [0.05, 0.1) is 5.92 Å². The lowest BCUT2D eigenvalue weighted by molar-refractivity contribution is -0.115. The molecule has 1 aromatic carbocycles. The molecule has 0 aromatic heterocycles. The molecule has 0 fully saturated rings. The van der Waals surface area contributed by atoms with Crippen LogP contribution < -0.4 is 0 Å². The molecule has 70 valence electrons. The van der Waals surface area contributed by atoms with Crippen molar-refractivity contribution in [3.8, 4) is 0 Å². The molecular formula is C12H9BrO. The van der Waals surface area contributed by atoms with Crippen molar-refractivity contribution in [3.05, 3.63) is 58.6 Å². The number of carbonyl (C=O) groups excluding carboxylic acids is 1. The maximum absolute atomic E-state index is 11.5. The average Bonchev–Trinajstić information content (AvgIpc) is 2.20. The fraction of sp³-hybridized carbons (Fsp3) is 0.0833. The van der Waals surface area contributed by atoms with Gasteiger partial charge in [0, 0.05) is 4.47 Å². The van der Waals surface area contributed by atoms with Gasteiger partial charge in [0.2, 0.25) is 0 Å². The molecule has 0 radical (unpaired) electrons. The minimum absolute atomic E-state index is 0.104. The Kier molecular flexibility index (Phi) is 2.64. The lowest BCUT2D eigenvalue weighted by atomic mass is 9.92. The highest BCUT2D eigenvalue weighted by Gasteiger charge is 2.16. The van der Waals surface area contributed by atoms with E-state index in [-0.39, 0.29) is 11.7 Å². The number of halogens is 1. The van der Waals surface area contributed by atoms with Crippen LogP contribution in [-0.4, -0.2) is 5.78 Å². The van der Waals surface area contributed by atoms with E-state index in [1.165, 1.54) is 0 Å². The Morgan fingerprint density at radius 3 is 2.43 bits per heavy atom. The second kappa shape index (κ2) is 3.93. The van der Waals surface area contributed by atoms with E-state index in [0.717, 1.165) is 10.0 Å². The molecule has 0 bridgehead atoms. The summed E-state index contributed by atoms with van der Waals surface area (Å²) >= 11 is 3.37. The van der Waals surface area contributed by atoms with Crippen molar-refractivity contribution in [2.75, 3.05) is 0 Å². The molecule has 1 unspecified atom stereocenters. The van der Waals surface area contributed by atoms with Crippen molar-refractivity contribution in [2.45, 2.75) is 5.92 Å². The number of rotatable bonds is 1. The molecule has 1 aromatic rings. The number of hydrogen-bond acceptors (Lipinski definition) is 1. The second-order valence-electron chi connectivity index (χ2n) is 3.18. The Morgan fingerprint density at radius 2 is 1.79 bits per heavy atom. The van der Waals surface area contributed by atoms with Gasteiger partial charge in [-0.1, -0.05) is 46.3 Å². The lowest BCUT2D eigenvalue weighted by Crippen LogP contribution is -2.09. The van der Waals surface area contributed by atoms with E-state index in [9.17, 15) is 4.79 Å². The molecule has 2 heteroatoms. The zero-order valence-electron chi connectivity index (χ0n) is 7.48. The largest absolute Gasteiger partial charge is 0.294 e. The van der Waals surface area contributed by atoms with Gasteiger partial charge >= 0.3 is 0 Å². The first-order valence-corrected chi connectivity index (χ1v) is 5.21. The van der Waals surface area contributed by atoms with E-state index >= 15 is 0 Å². The van der Waals surface area contributed by atoms with Gasteiger partial charge < -0.3 is 0 Å². The summed E-state index contributed by atoms with van der Waals surface area (Å²) in [5.74, 6) is 0.0444. The van der Waals surface area contributed by atoms with Crippen LogP contribution in [0.4, 0.5) is 0 Å². The first kappa shape index (κ1) is 9.41. The van der Waals surface area contributed by atoms with Crippen LogP contribution in [0.3, 0.4) is 0 Å². The van der Waals surface area contributed by atoms with Crippen LogP contribution in [0.5, 0.6) is 0 Å². The first-order chi connectivity index (χ1) is 6.77. The third kappa shape index (κ3) is 1.85. The monoisotopic (exact) mass is 248 g/mol. The van der Waals surface area contributed by atoms with E-state index in [2.05, 4.69) is 15.9 Å². The van der Waals surface area contributed by atoms with Gasteiger partial charge in [-0.25, -0.2) is 0 Å². The van der Waals surface area contributed by atoms with Gasteiger partial charge in [-0.05, 0) is 23.8 Å². The van der Waals surface area contributed by atoms with Crippen LogP contribution in [-0.2, 0) is 4.79 Å². The number of hydrogen-bond donors (Lipinski definition) is 0. The highest BCUT2D eigenvalue weighted by atomic mass is 79.9. The van der Waals surface area contributed by atoms with Gasteiger partial charge in [-0.3, -0.25) is 4.79 Å². The molecule has 0 saturated heterocycles. The summed E-state index contributed by atoms with van der Waals surface area (Å²) in [5, 5.41) is 0. The fourth-order valence-corrected chi connectivity index (χ4v) is 1.73. The highest BCUT2D eigenvalue weighted by molar-refractivity contribution is 9.10. The van der Waals surface area contributed by atoms with Crippen LogP contribution in [0.1, 0.15) is 11.5 Å². The van der Waals surface area contributed by atoms with Crippen molar-refractivity contribution < 1.29 is 4.79 Å². The van der Waals surface area contributed by atoms with E-state index < -0.39 is 0 Å². The topological polar surface area (TPSA) is 17.1 Å². The number of ketones is 1. The lowest BCUT2D eigenvalue weighted by Gasteiger charge is -2.11. The fourth-order valence-electron chi connectivity index (χ4n) is 1.47. The summed E-state index contributed by atoms with van der Waals surface area (Å²) in [4.78, 5) is 11.5. The third-order valence-corrected chi connectivity index (χ3v) is 2.74. The Hall–Kier alpha value is -1.15. The molecular weight excluding hydrogens is 240 g/mol. The summed E-state index contributed by atoms with van der Waals surface area (Å²) in [6.45, 7) is 0. The molecule has 0 amide bonds. The Balaban J connectivity index is 2.31. The highest BCUT2D eigenvalue weighted by Crippen LogP contribution is 2.23. The molecule has 0 N–H and O–H groups in total. The zero-order chi connectivity index (χ0) is 9.97. The maximum atomic E-state index is 11.5. The summed E-state index contributed by atoms with van der Waals surface area (Å²) in [6.07, 6.45) is 7.23. The average molecular weight is 249 g/mol. The summed E-state index contributed by atoms with van der Waals surface area (Å²) in [5.41, 5.74) is 1.04. The number of carbonyl (C=O) groups is 1. The molecule has 0 heterocycles.